The highest BCUT2D eigenvalue weighted by molar-refractivity contribution is 5.87. The van der Waals surface area contributed by atoms with Crippen LogP contribution >= 0.6 is 0 Å². The second-order valence-corrected chi connectivity index (χ2v) is 7.56. The van der Waals surface area contributed by atoms with E-state index in [1.807, 2.05) is 55.2 Å². The van der Waals surface area contributed by atoms with Gasteiger partial charge in [0.05, 0.1) is 0 Å². The molecule has 6 heteroatoms. The van der Waals surface area contributed by atoms with Gasteiger partial charge in [-0.15, -0.1) is 0 Å². The molecule has 1 N–H and O–H groups in total. The lowest BCUT2D eigenvalue weighted by atomic mass is 9.91. The largest absolute Gasteiger partial charge is 0.339 e. The number of hydrogen-bond donors (Lipinski definition) is 1. The van der Waals surface area contributed by atoms with Crippen molar-refractivity contribution < 1.29 is 4.79 Å². The van der Waals surface area contributed by atoms with Crippen LogP contribution in [0.3, 0.4) is 0 Å². The van der Waals surface area contributed by atoms with Crippen molar-refractivity contribution >= 4 is 17.5 Å². The SMILES string of the molecule is Cc1cccnc1Nc1cc([C@@H]2CCCN(C(=O)/C=C/CN(C)C)C2)ccn1. The van der Waals surface area contributed by atoms with Gasteiger partial charge in [-0.25, -0.2) is 9.97 Å². The van der Waals surface area contributed by atoms with Crippen LogP contribution in [0.2, 0.25) is 0 Å². The zero-order valence-corrected chi connectivity index (χ0v) is 16.9. The predicted molar refractivity (Wildman–Crippen MR) is 113 cm³/mol. The lowest BCUT2D eigenvalue weighted by molar-refractivity contribution is -0.127. The number of rotatable bonds is 6. The molecular weight excluding hydrogens is 350 g/mol. The van der Waals surface area contributed by atoms with Gasteiger partial charge in [0.2, 0.25) is 5.91 Å². The van der Waals surface area contributed by atoms with Crippen molar-refractivity contribution in [3.05, 3.63) is 59.9 Å². The number of likely N-dealkylation sites (tertiary alicyclic amines) is 1. The summed E-state index contributed by atoms with van der Waals surface area (Å²) in [5.74, 6) is 2.03. The van der Waals surface area contributed by atoms with Gasteiger partial charge in [0.1, 0.15) is 11.6 Å². The Morgan fingerprint density at radius 2 is 2.18 bits per heavy atom. The van der Waals surface area contributed by atoms with Crippen molar-refractivity contribution in [3.63, 3.8) is 0 Å². The van der Waals surface area contributed by atoms with Crippen LogP contribution in [-0.2, 0) is 4.79 Å². The normalized spacial score (nSPS) is 17.3. The van der Waals surface area contributed by atoms with Gasteiger partial charge in [0, 0.05) is 44.0 Å². The predicted octanol–water partition coefficient (Wildman–Crippen LogP) is 3.35. The molecule has 1 fully saturated rings. The van der Waals surface area contributed by atoms with Crippen LogP contribution in [0.15, 0.2) is 48.8 Å². The van der Waals surface area contributed by atoms with Crippen molar-refractivity contribution in [3.8, 4) is 0 Å². The Kier molecular flexibility index (Phi) is 6.76. The molecule has 0 saturated carbocycles. The fourth-order valence-corrected chi connectivity index (χ4v) is 3.43. The Hall–Kier alpha value is -2.73. The maximum atomic E-state index is 12.5. The van der Waals surface area contributed by atoms with Crippen molar-refractivity contribution in [2.75, 3.05) is 39.0 Å². The molecule has 28 heavy (non-hydrogen) atoms. The van der Waals surface area contributed by atoms with Gasteiger partial charge in [0.15, 0.2) is 0 Å². The van der Waals surface area contributed by atoms with Crippen LogP contribution in [0.5, 0.6) is 0 Å². The average Bonchev–Trinajstić information content (AvgIpc) is 2.70. The molecule has 0 aromatic carbocycles. The lowest BCUT2D eigenvalue weighted by Crippen LogP contribution is -2.38. The topological polar surface area (TPSA) is 61.4 Å². The number of nitrogens with zero attached hydrogens (tertiary/aromatic N) is 4. The summed E-state index contributed by atoms with van der Waals surface area (Å²) >= 11 is 0. The number of carbonyl (C=O) groups is 1. The molecule has 0 unspecified atom stereocenters. The number of piperidine rings is 1. The highest BCUT2D eigenvalue weighted by atomic mass is 16.2. The van der Waals surface area contributed by atoms with Gasteiger partial charge in [-0.05, 0) is 63.2 Å². The van der Waals surface area contributed by atoms with E-state index < -0.39 is 0 Å². The van der Waals surface area contributed by atoms with E-state index in [1.54, 1.807) is 12.3 Å². The summed E-state index contributed by atoms with van der Waals surface area (Å²) in [6.07, 6.45) is 9.32. The Balaban J connectivity index is 1.67. The molecule has 0 spiro atoms. The Morgan fingerprint density at radius 1 is 1.32 bits per heavy atom. The minimum atomic E-state index is 0.100. The van der Waals surface area contributed by atoms with E-state index in [-0.39, 0.29) is 5.91 Å². The maximum Gasteiger partial charge on any atom is 0.246 e. The number of hydrogen-bond acceptors (Lipinski definition) is 5. The monoisotopic (exact) mass is 379 g/mol. The first-order chi connectivity index (χ1) is 13.5. The molecule has 0 bridgehead atoms. The highest BCUT2D eigenvalue weighted by Crippen LogP contribution is 2.28. The van der Waals surface area contributed by atoms with E-state index in [0.717, 1.165) is 49.7 Å². The van der Waals surface area contributed by atoms with E-state index >= 15 is 0 Å². The van der Waals surface area contributed by atoms with E-state index in [9.17, 15) is 4.79 Å². The molecule has 3 heterocycles. The third-order valence-corrected chi connectivity index (χ3v) is 4.98. The molecule has 6 nitrogen and oxygen atoms in total. The zero-order valence-electron chi connectivity index (χ0n) is 16.9. The quantitative estimate of drug-likeness (QED) is 0.780. The first kappa shape index (κ1) is 20.0. The number of aryl methyl sites for hydroxylation is 1. The molecule has 1 atom stereocenters. The van der Waals surface area contributed by atoms with Gasteiger partial charge >= 0.3 is 0 Å². The zero-order chi connectivity index (χ0) is 19.9. The first-order valence-electron chi connectivity index (χ1n) is 9.77. The fraction of sp³-hybridized carbons (Fsp3) is 0.409. The first-order valence-corrected chi connectivity index (χ1v) is 9.77. The van der Waals surface area contributed by atoms with Crippen molar-refractivity contribution in [1.82, 2.24) is 19.8 Å². The average molecular weight is 380 g/mol. The summed E-state index contributed by atoms with van der Waals surface area (Å²) in [6, 6.07) is 8.07. The molecule has 1 saturated heterocycles. The number of anilines is 2. The van der Waals surface area contributed by atoms with Gasteiger partial charge in [-0.2, -0.15) is 0 Å². The van der Waals surface area contributed by atoms with E-state index in [0.29, 0.717) is 5.92 Å². The third-order valence-electron chi connectivity index (χ3n) is 4.98. The second-order valence-electron chi connectivity index (χ2n) is 7.56. The van der Waals surface area contributed by atoms with Gasteiger partial charge in [-0.1, -0.05) is 12.1 Å². The minimum Gasteiger partial charge on any atom is -0.339 e. The highest BCUT2D eigenvalue weighted by Gasteiger charge is 2.24. The van der Waals surface area contributed by atoms with Crippen molar-refractivity contribution in [1.29, 1.82) is 0 Å². The lowest BCUT2D eigenvalue weighted by Gasteiger charge is -2.32. The number of carbonyl (C=O) groups excluding carboxylic acids is 1. The molecule has 148 valence electrons. The van der Waals surface area contributed by atoms with E-state index in [4.69, 9.17) is 0 Å². The van der Waals surface area contributed by atoms with E-state index in [2.05, 4.69) is 27.4 Å². The number of likely N-dealkylation sites (N-methyl/N-ethyl adjacent to an activating group) is 1. The van der Waals surface area contributed by atoms with E-state index in [1.165, 1.54) is 5.56 Å². The van der Waals surface area contributed by atoms with Crippen LogP contribution in [0.25, 0.3) is 0 Å². The smallest absolute Gasteiger partial charge is 0.246 e. The summed E-state index contributed by atoms with van der Waals surface area (Å²) < 4.78 is 0. The van der Waals surface area contributed by atoms with Crippen LogP contribution in [0.1, 0.15) is 29.9 Å². The van der Waals surface area contributed by atoms with Gasteiger partial charge in [-0.3, -0.25) is 4.79 Å². The molecule has 2 aromatic rings. The summed E-state index contributed by atoms with van der Waals surface area (Å²) in [5.41, 5.74) is 2.29. The Labute approximate surface area is 167 Å². The Morgan fingerprint density at radius 3 is 2.96 bits per heavy atom. The molecule has 0 radical (unpaired) electrons. The summed E-state index contributed by atoms with van der Waals surface area (Å²) in [6.45, 7) is 4.37. The minimum absolute atomic E-state index is 0.100. The molecule has 1 aliphatic rings. The van der Waals surface area contributed by atoms with Crippen molar-refractivity contribution in [2.45, 2.75) is 25.7 Å². The summed E-state index contributed by atoms with van der Waals surface area (Å²) in [7, 11) is 3.99. The number of amides is 1. The van der Waals surface area contributed by atoms with Crippen LogP contribution < -0.4 is 5.32 Å². The van der Waals surface area contributed by atoms with Gasteiger partial charge < -0.3 is 15.1 Å². The van der Waals surface area contributed by atoms with Gasteiger partial charge in [0.25, 0.3) is 0 Å². The molecule has 3 rings (SSSR count). The second kappa shape index (κ2) is 9.46. The molecule has 1 amide bonds. The molecule has 0 aliphatic carbocycles. The summed E-state index contributed by atoms with van der Waals surface area (Å²) in [5, 5.41) is 3.31. The molecular formula is C22H29N5O. The third kappa shape index (κ3) is 5.39. The maximum absolute atomic E-state index is 12.5. The van der Waals surface area contributed by atoms with Crippen LogP contribution in [-0.4, -0.2) is 59.4 Å². The number of nitrogens with one attached hydrogen (secondary N) is 1. The number of pyridine rings is 2. The fourth-order valence-electron chi connectivity index (χ4n) is 3.43. The van der Waals surface area contributed by atoms with Crippen LogP contribution in [0.4, 0.5) is 11.6 Å². The summed E-state index contributed by atoms with van der Waals surface area (Å²) in [4.78, 5) is 25.3. The molecule has 2 aromatic heterocycles. The van der Waals surface area contributed by atoms with Crippen molar-refractivity contribution in [2.24, 2.45) is 0 Å². The Bertz CT molecular complexity index is 833. The molecule has 1 aliphatic heterocycles. The van der Waals surface area contributed by atoms with Crippen LogP contribution in [0, 0.1) is 6.92 Å². The standard InChI is InChI=1S/C22H29N5O/c1-17-7-4-11-24-22(17)25-20-15-18(10-12-23-20)19-8-5-14-27(16-19)21(28)9-6-13-26(2)3/h4,6-7,9-12,15,19H,5,8,13-14,16H2,1-3H3,(H,23,24,25)/b9-6+/t19-/m1/s1. The number of aromatic nitrogens is 2.